The van der Waals surface area contributed by atoms with Gasteiger partial charge in [0.25, 0.3) is 0 Å². The fourth-order valence-corrected chi connectivity index (χ4v) is 9.00. The van der Waals surface area contributed by atoms with Crippen LogP contribution in [0.15, 0.2) is 72.9 Å². The number of ether oxygens (including phenoxy) is 3. The Morgan fingerprint density at radius 1 is 0.288 bits per heavy atom. The predicted molar refractivity (Wildman–Crippen MR) is 316 cm³/mol. The SMILES string of the molecule is CC/C=C\C/C=C\C/C=C\C/C=C\C/C=C\CCCCCC(=O)OC[C@H](COC(=O)CCCCCCCCC/C=C\CCCCCCCC)OC(=O)CCCCCCCCCCCCCCCCCCCCC. The molecule has 6 heteroatoms. The molecule has 0 aliphatic rings. The van der Waals surface area contributed by atoms with Gasteiger partial charge in [-0.3, -0.25) is 14.4 Å². The fourth-order valence-electron chi connectivity index (χ4n) is 9.00. The van der Waals surface area contributed by atoms with Crippen molar-refractivity contribution < 1.29 is 28.6 Å². The third-order valence-corrected chi connectivity index (χ3v) is 13.7. The van der Waals surface area contributed by atoms with Gasteiger partial charge in [0, 0.05) is 19.3 Å². The van der Waals surface area contributed by atoms with Gasteiger partial charge in [0.05, 0.1) is 0 Å². The van der Waals surface area contributed by atoms with Crippen LogP contribution in [0.25, 0.3) is 0 Å². The van der Waals surface area contributed by atoms with E-state index in [9.17, 15) is 14.4 Å². The summed E-state index contributed by atoms with van der Waals surface area (Å²) in [5.74, 6) is -0.907. The lowest BCUT2D eigenvalue weighted by atomic mass is 10.0. The Morgan fingerprint density at radius 2 is 0.534 bits per heavy atom. The summed E-state index contributed by atoms with van der Waals surface area (Å²) in [5.41, 5.74) is 0. The molecule has 0 amide bonds. The zero-order valence-electron chi connectivity index (χ0n) is 48.4. The molecule has 0 saturated carbocycles. The molecule has 0 aliphatic heterocycles. The molecule has 0 N–H and O–H groups in total. The van der Waals surface area contributed by atoms with E-state index in [2.05, 4.69) is 93.7 Å². The molecular weight excluding hydrogens is 901 g/mol. The lowest BCUT2D eigenvalue weighted by Gasteiger charge is -2.18. The molecule has 0 radical (unpaired) electrons. The lowest BCUT2D eigenvalue weighted by molar-refractivity contribution is -0.167. The molecule has 1 atom stereocenters. The summed E-state index contributed by atoms with van der Waals surface area (Å²) in [6, 6.07) is 0. The summed E-state index contributed by atoms with van der Waals surface area (Å²) in [4.78, 5) is 38.3. The van der Waals surface area contributed by atoms with Crippen LogP contribution in [0.4, 0.5) is 0 Å². The third-order valence-electron chi connectivity index (χ3n) is 13.7. The number of unbranched alkanes of at least 4 members (excludes halogenated alkanes) is 34. The molecular formula is C67H118O6. The quantitative estimate of drug-likeness (QED) is 0.0261. The fraction of sp³-hybridized carbons (Fsp3) is 0.776. The van der Waals surface area contributed by atoms with Gasteiger partial charge in [-0.1, -0.05) is 280 Å². The van der Waals surface area contributed by atoms with Gasteiger partial charge in [-0.2, -0.15) is 0 Å². The van der Waals surface area contributed by atoms with Crippen molar-refractivity contribution in [3.8, 4) is 0 Å². The zero-order valence-corrected chi connectivity index (χ0v) is 48.4. The van der Waals surface area contributed by atoms with E-state index >= 15 is 0 Å². The standard InChI is InChI=1S/C67H118O6/c1-4-7-10-13-16-19-22-25-28-31-33-36-39-42-45-48-51-54-57-60-66(69)72-63-64(62-71-65(68)59-56-53-50-47-44-41-38-35-30-27-24-21-18-15-12-9-6-3)73-67(70)61-58-55-52-49-46-43-40-37-34-32-29-26-23-20-17-14-11-8-5-2/h7,10,16,19,25,27-28,30,33,36,42,45,64H,4-6,8-9,11-15,17-18,20-24,26,29,31-32,34-35,37-41,43-44,46-63H2,1-3H3/b10-7-,19-16-,28-25-,30-27-,36-33-,45-42-/t64-/m0/s1. The first kappa shape index (κ1) is 69.8. The monoisotopic (exact) mass is 1020 g/mol. The molecule has 0 aromatic heterocycles. The molecule has 0 rings (SSSR count). The molecule has 0 saturated heterocycles. The number of esters is 3. The van der Waals surface area contributed by atoms with Gasteiger partial charge in [-0.15, -0.1) is 0 Å². The van der Waals surface area contributed by atoms with Gasteiger partial charge in [-0.05, 0) is 89.9 Å². The Balaban J connectivity index is 4.42. The maximum absolute atomic E-state index is 12.9. The highest BCUT2D eigenvalue weighted by molar-refractivity contribution is 5.71. The van der Waals surface area contributed by atoms with Crippen LogP contribution in [0, 0.1) is 0 Å². The van der Waals surface area contributed by atoms with Crippen LogP contribution in [0.1, 0.15) is 316 Å². The smallest absolute Gasteiger partial charge is 0.306 e. The van der Waals surface area contributed by atoms with Gasteiger partial charge in [0.1, 0.15) is 13.2 Å². The first-order chi connectivity index (χ1) is 36.0. The lowest BCUT2D eigenvalue weighted by Crippen LogP contribution is -2.30. The Labute approximate surface area is 453 Å². The van der Waals surface area contributed by atoms with Crippen LogP contribution >= 0.6 is 0 Å². The van der Waals surface area contributed by atoms with E-state index < -0.39 is 6.10 Å². The molecule has 0 unspecified atom stereocenters. The molecule has 0 heterocycles. The highest BCUT2D eigenvalue weighted by Crippen LogP contribution is 2.17. The molecule has 6 nitrogen and oxygen atoms in total. The second-order valence-corrected chi connectivity index (χ2v) is 20.9. The molecule has 0 aromatic carbocycles. The Hall–Kier alpha value is -3.15. The van der Waals surface area contributed by atoms with Crippen LogP contribution in [-0.2, 0) is 28.6 Å². The van der Waals surface area contributed by atoms with Gasteiger partial charge >= 0.3 is 17.9 Å². The minimum Gasteiger partial charge on any atom is -0.462 e. The van der Waals surface area contributed by atoms with Crippen molar-refractivity contribution in [1.82, 2.24) is 0 Å². The number of hydrogen-bond acceptors (Lipinski definition) is 6. The molecule has 73 heavy (non-hydrogen) atoms. The number of hydrogen-bond donors (Lipinski definition) is 0. The van der Waals surface area contributed by atoms with E-state index in [1.807, 2.05) is 0 Å². The summed E-state index contributed by atoms with van der Waals surface area (Å²) in [7, 11) is 0. The second-order valence-electron chi connectivity index (χ2n) is 20.9. The van der Waals surface area contributed by atoms with E-state index in [0.29, 0.717) is 19.3 Å². The normalized spacial score (nSPS) is 12.5. The largest absolute Gasteiger partial charge is 0.462 e. The van der Waals surface area contributed by atoms with Crippen LogP contribution in [0.5, 0.6) is 0 Å². The average molecular weight is 1020 g/mol. The van der Waals surface area contributed by atoms with Crippen molar-refractivity contribution in [1.29, 1.82) is 0 Å². The summed E-state index contributed by atoms with van der Waals surface area (Å²) in [6.45, 7) is 6.53. The highest BCUT2D eigenvalue weighted by atomic mass is 16.6. The van der Waals surface area contributed by atoms with Crippen LogP contribution in [0.2, 0.25) is 0 Å². The maximum Gasteiger partial charge on any atom is 0.306 e. The topological polar surface area (TPSA) is 78.9 Å². The Morgan fingerprint density at radius 3 is 0.863 bits per heavy atom. The number of carbonyl (C=O) groups excluding carboxylic acids is 3. The third kappa shape index (κ3) is 59.6. The van der Waals surface area contributed by atoms with Gasteiger partial charge in [0.2, 0.25) is 0 Å². The van der Waals surface area contributed by atoms with Crippen molar-refractivity contribution >= 4 is 17.9 Å². The van der Waals surface area contributed by atoms with Crippen molar-refractivity contribution in [2.45, 2.75) is 322 Å². The van der Waals surface area contributed by atoms with Crippen molar-refractivity contribution in [2.24, 2.45) is 0 Å². The first-order valence-corrected chi connectivity index (χ1v) is 31.4. The van der Waals surface area contributed by atoms with Crippen molar-refractivity contribution in [3.63, 3.8) is 0 Å². The van der Waals surface area contributed by atoms with Gasteiger partial charge in [-0.25, -0.2) is 0 Å². The number of carbonyl (C=O) groups is 3. The summed E-state index contributed by atoms with van der Waals surface area (Å²) in [6.07, 6.45) is 79.0. The predicted octanol–water partition coefficient (Wildman–Crippen LogP) is 21.3. The first-order valence-electron chi connectivity index (χ1n) is 31.4. The maximum atomic E-state index is 12.9. The van der Waals surface area contributed by atoms with E-state index in [4.69, 9.17) is 14.2 Å². The summed E-state index contributed by atoms with van der Waals surface area (Å²) < 4.78 is 16.9. The van der Waals surface area contributed by atoms with Gasteiger partial charge in [0.15, 0.2) is 6.10 Å². The van der Waals surface area contributed by atoms with E-state index in [1.165, 1.54) is 180 Å². The Kier molecular flexibility index (Phi) is 58.7. The number of rotatable bonds is 57. The zero-order chi connectivity index (χ0) is 52.9. The van der Waals surface area contributed by atoms with E-state index in [-0.39, 0.29) is 31.1 Å². The van der Waals surface area contributed by atoms with Crippen LogP contribution in [0.3, 0.4) is 0 Å². The summed E-state index contributed by atoms with van der Waals surface area (Å²) >= 11 is 0. The van der Waals surface area contributed by atoms with Gasteiger partial charge < -0.3 is 14.2 Å². The molecule has 0 fully saturated rings. The van der Waals surface area contributed by atoms with Crippen molar-refractivity contribution in [2.75, 3.05) is 13.2 Å². The van der Waals surface area contributed by atoms with Crippen LogP contribution in [-0.4, -0.2) is 37.2 Å². The second kappa shape index (κ2) is 61.4. The minimum absolute atomic E-state index is 0.0856. The average Bonchev–Trinajstić information content (AvgIpc) is 3.39. The van der Waals surface area contributed by atoms with E-state index in [0.717, 1.165) is 96.3 Å². The Bertz CT molecular complexity index is 1360. The minimum atomic E-state index is -0.790. The van der Waals surface area contributed by atoms with Crippen LogP contribution < -0.4 is 0 Å². The molecule has 0 aromatic rings. The summed E-state index contributed by atoms with van der Waals surface area (Å²) in [5, 5.41) is 0. The molecule has 0 bridgehead atoms. The van der Waals surface area contributed by atoms with Crippen molar-refractivity contribution in [3.05, 3.63) is 72.9 Å². The molecule has 422 valence electrons. The molecule has 0 spiro atoms. The molecule has 0 aliphatic carbocycles. The van der Waals surface area contributed by atoms with E-state index in [1.54, 1.807) is 0 Å². The highest BCUT2D eigenvalue weighted by Gasteiger charge is 2.19. The number of allylic oxidation sites excluding steroid dienone is 12.